The molecule has 0 saturated carbocycles. The highest BCUT2D eigenvalue weighted by Gasteiger charge is 2.34. The van der Waals surface area contributed by atoms with Crippen molar-refractivity contribution < 1.29 is 14.1 Å². The molecule has 2 heterocycles. The van der Waals surface area contributed by atoms with E-state index in [4.69, 9.17) is 4.42 Å². The molecule has 0 spiro atoms. The van der Waals surface area contributed by atoms with E-state index in [1.807, 2.05) is 30.3 Å². The molecule has 3 aromatic rings. The molecular formula is C21H15N3O4S. The monoisotopic (exact) mass is 405 g/mol. The number of hydrogen-bond acceptors (Lipinski definition) is 6. The number of hydrogen-bond donors (Lipinski definition) is 0. The van der Waals surface area contributed by atoms with E-state index in [-0.39, 0.29) is 18.1 Å². The lowest BCUT2D eigenvalue weighted by Gasteiger charge is -2.13. The Labute approximate surface area is 170 Å². The average Bonchev–Trinajstić information content (AvgIpc) is 3.34. The largest absolute Gasteiger partial charge is 0.467 e. The van der Waals surface area contributed by atoms with Gasteiger partial charge < -0.3 is 4.42 Å². The van der Waals surface area contributed by atoms with Gasteiger partial charge in [-0.2, -0.15) is 0 Å². The molecule has 0 radical (unpaired) electrons. The predicted octanol–water partition coefficient (Wildman–Crippen LogP) is 4.99. The Morgan fingerprint density at radius 1 is 1.07 bits per heavy atom. The standard InChI is InChI=1S/C21H15N3O4S/c25-20-19(13-15-8-10-17(11-9-15)24(26)27)29-21(22-16-5-2-1-3-6-16)23(20)14-18-7-4-12-28-18/h1-13H,14H2/b19-13-,22-21?. The van der Waals surface area contributed by atoms with Gasteiger partial charge in [-0.25, -0.2) is 4.99 Å². The average molecular weight is 405 g/mol. The number of benzene rings is 2. The maximum absolute atomic E-state index is 13.0. The van der Waals surface area contributed by atoms with Crippen molar-refractivity contribution >= 4 is 40.3 Å². The van der Waals surface area contributed by atoms with Crippen molar-refractivity contribution in [3.8, 4) is 0 Å². The van der Waals surface area contributed by atoms with Crippen LogP contribution in [0.2, 0.25) is 0 Å². The Hall–Kier alpha value is -3.65. The SMILES string of the molecule is O=C1/C(=C/c2ccc([N+](=O)[O-])cc2)SC(=Nc2ccccc2)N1Cc1ccco1. The molecule has 4 rings (SSSR count). The molecule has 1 aromatic heterocycles. The summed E-state index contributed by atoms with van der Waals surface area (Å²) >= 11 is 1.26. The Bertz CT molecular complexity index is 1090. The van der Waals surface area contributed by atoms with Gasteiger partial charge in [0, 0.05) is 12.1 Å². The Morgan fingerprint density at radius 3 is 2.48 bits per heavy atom. The first-order chi connectivity index (χ1) is 14.1. The zero-order valence-electron chi connectivity index (χ0n) is 15.1. The summed E-state index contributed by atoms with van der Waals surface area (Å²) in [6.45, 7) is 0.266. The summed E-state index contributed by atoms with van der Waals surface area (Å²) in [5.41, 5.74) is 1.44. The topological polar surface area (TPSA) is 88.9 Å². The van der Waals surface area contributed by atoms with E-state index in [1.165, 1.54) is 23.9 Å². The number of para-hydroxylation sites is 1. The van der Waals surface area contributed by atoms with Crippen LogP contribution in [0.4, 0.5) is 11.4 Å². The fourth-order valence-electron chi connectivity index (χ4n) is 2.75. The molecule has 0 bridgehead atoms. The van der Waals surface area contributed by atoms with E-state index >= 15 is 0 Å². The number of thioether (sulfide) groups is 1. The number of furan rings is 1. The predicted molar refractivity (Wildman–Crippen MR) is 111 cm³/mol. The van der Waals surface area contributed by atoms with Crippen LogP contribution in [0.1, 0.15) is 11.3 Å². The van der Waals surface area contributed by atoms with Crippen molar-refractivity contribution in [1.82, 2.24) is 4.90 Å². The summed E-state index contributed by atoms with van der Waals surface area (Å²) in [7, 11) is 0. The van der Waals surface area contributed by atoms with Gasteiger partial charge in [-0.1, -0.05) is 18.2 Å². The lowest BCUT2D eigenvalue weighted by atomic mass is 10.2. The Balaban J connectivity index is 1.66. The second-order valence-corrected chi connectivity index (χ2v) is 7.17. The third-order valence-corrected chi connectivity index (χ3v) is 5.17. The number of nitro groups is 1. The smallest absolute Gasteiger partial charge is 0.269 e. The molecule has 7 nitrogen and oxygen atoms in total. The van der Waals surface area contributed by atoms with E-state index in [0.717, 1.165) is 5.69 Å². The summed E-state index contributed by atoms with van der Waals surface area (Å²) in [4.78, 5) is 30.0. The van der Waals surface area contributed by atoms with Crippen LogP contribution in [0.25, 0.3) is 6.08 Å². The van der Waals surface area contributed by atoms with Crippen LogP contribution in [0.15, 0.2) is 87.3 Å². The van der Waals surface area contributed by atoms with Gasteiger partial charge in [0.1, 0.15) is 5.76 Å². The minimum absolute atomic E-state index is 0.00308. The van der Waals surface area contributed by atoms with Crippen LogP contribution in [0, 0.1) is 10.1 Å². The normalized spacial score (nSPS) is 16.7. The second-order valence-electron chi connectivity index (χ2n) is 6.16. The van der Waals surface area contributed by atoms with Crippen LogP contribution < -0.4 is 0 Å². The van der Waals surface area contributed by atoms with E-state index in [0.29, 0.717) is 21.4 Å². The number of amidine groups is 1. The highest BCUT2D eigenvalue weighted by Crippen LogP contribution is 2.35. The number of amides is 1. The number of nitro benzene ring substituents is 1. The molecule has 0 atom stereocenters. The number of carbonyl (C=O) groups excluding carboxylic acids is 1. The Morgan fingerprint density at radius 2 is 1.83 bits per heavy atom. The van der Waals surface area contributed by atoms with Crippen molar-refractivity contribution in [2.24, 2.45) is 4.99 Å². The van der Waals surface area contributed by atoms with E-state index in [1.54, 1.807) is 41.5 Å². The fourth-order valence-corrected chi connectivity index (χ4v) is 3.74. The number of aliphatic imine (C=N–C) groups is 1. The minimum Gasteiger partial charge on any atom is -0.467 e. The van der Waals surface area contributed by atoms with Gasteiger partial charge in [0.05, 0.1) is 28.3 Å². The van der Waals surface area contributed by atoms with E-state index in [2.05, 4.69) is 4.99 Å². The van der Waals surface area contributed by atoms with Gasteiger partial charge in [-0.3, -0.25) is 19.8 Å². The molecule has 0 N–H and O–H groups in total. The molecule has 8 heteroatoms. The van der Waals surface area contributed by atoms with Crippen LogP contribution in [0.5, 0.6) is 0 Å². The van der Waals surface area contributed by atoms with Crippen LogP contribution in [-0.2, 0) is 11.3 Å². The van der Waals surface area contributed by atoms with Crippen molar-refractivity contribution in [2.45, 2.75) is 6.54 Å². The third kappa shape index (κ3) is 4.27. The molecule has 1 aliphatic rings. The zero-order valence-corrected chi connectivity index (χ0v) is 15.9. The number of non-ortho nitro benzene ring substituents is 1. The number of carbonyl (C=O) groups is 1. The molecule has 1 saturated heterocycles. The molecule has 2 aromatic carbocycles. The molecular weight excluding hydrogens is 390 g/mol. The summed E-state index contributed by atoms with van der Waals surface area (Å²) < 4.78 is 5.39. The summed E-state index contributed by atoms with van der Waals surface area (Å²) in [5, 5.41) is 11.4. The zero-order chi connectivity index (χ0) is 20.2. The second kappa shape index (κ2) is 8.15. The fraction of sp³-hybridized carbons (Fsp3) is 0.0476. The van der Waals surface area contributed by atoms with Crippen LogP contribution >= 0.6 is 11.8 Å². The van der Waals surface area contributed by atoms with Crippen molar-refractivity contribution in [3.63, 3.8) is 0 Å². The molecule has 0 aliphatic carbocycles. The highest BCUT2D eigenvalue weighted by molar-refractivity contribution is 8.18. The summed E-state index contributed by atoms with van der Waals surface area (Å²) in [5.74, 6) is 0.454. The first-order valence-electron chi connectivity index (χ1n) is 8.72. The van der Waals surface area contributed by atoms with Crippen molar-refractivity contribution in [1.29, 1.82) is 0 Å². The summed E-state index contributed by atoms with van der Waals surface area (Å²) in [6, 6.07) is 19.0. The van der Waals surface area contributed by atoms with Gasteiger partial charge in [-0.05, 0) is 59.8 Å². The van der Waals surface area contributed by atoms with Crippen LogP contribution in [0.3, 0.4) is 0 Å². The highest BCUT2D eigenvalue weighted by atomic mass is 32.2. The van der Waals surface area contributed by atoms with Crippen LogP contribution in [-0.4, -0.2) is 20.9 Å². The lowest BCUT2D eigenvalue weighted by molar-refractivity contribution is -0.384. The minimum atomic E-state index is -0.456. The molecule has 29 heavy (non-hydrogen) atoms. The molecule has 1 fully saturated rings. The van der Waals surface area contributed by atoms with Gasteiger partial charge in [0.15, 0.2) is 5.17 Å². The van der Waals surface area contributed by atoms with E-state index in [9.17, 15) is 14.9 Å². The quantitative estimate of drug-likeness (QED) is 0.339. The van der Waals surface area contributed by atoms with Gasteiger partial charge in [0.25, 0.3) is 11.6 Å². The third-order valence-electron chi connectivity index (χ3n) is 4.16. The Kier molecular flexibility index (Phi) is 5.26. The van der Waals surface area contributed by atoms with Crippen molar-refractivity contribution in [3.05, 3.63) is 99.3 Å². The number of rotatable bonds is 5. The van der Waals surface area contributed by atoms with E-state index < -0.39 is 4.92 Å². The molecule has 1 amide bonds. The first-order valence-corrected chi connectivity index (χ1v) is 9.54. The number of nitrogens with zero attached hydrogens (tertiary/aromatic N) is 3. The van der Waals surface area contributed by atoms with Gasteiger partial charge in [-0.15, -0.1) is 0 Å². The molecule has 144 valence electrons. The van der Waals surface area contributed by atoms with Gasteiger partial charge >= 0.3 is 0 Å². The molecule has 1 aliphatic heterocycles. The maximum Gasteiger partial charge on any atom is 0.269 e. The molecule has 0 unspecified atom stereocenters. The maximum atomic E-state index is 13.0. The first kappa shape index (κ1) is 18.7. The summed E-state index contributed by atoms with van der Waals surface area (Å²) in [6.07, 6.45) is 3.27. The van der Waals surface area contributed by atoms with Gasteiger partial charge in [0.2, 0.25) is 0 Å². The lowest BCUT2D eigenvalue weighted by Crippen LogP contribution is -2.28. The van der Waals surface area contributed by atoms with Crippen molar-refractivity contribution in [2.75, 3.05) is 0 Å².